The molecule has 3 rings (SSSR count). The quantitative estimate of drug-likeness (QED) is 0.810. The number of aromatic nitrogens is 4. The molecule has 2 aromatic rings. The van der Waals surface area contributed by atoms with Crippen molar-refractivity contribution in [3.05, 3.63) is 23.5 Å². The van der Waals surface area contributed by atoms with Crippen LogP contribution in [0.15, 0.2) is 8.94 Å². The first-order chi connectivity index (χ1) is 10.7. The van der Waals surface area contributed by atoms with Crippen molar-refractivity contribution in [2.45, 2.75) is 39.8 Å². The van der Waals surface area contributed by atoms with Gasteiger partial charge in [0.05, 0.1) is 13.1 Å². The molecule has 120 valence electrons. The second-order valence-electron chi connectivity index (χ2n) is 5.58. The molecule has 1 aliphatic rings. The van der Waals surface area contributed by atoms with Crippen molar-refractivity contribution in [2.24, 2.45) is 0 Å². The van der Waals surface area contributed by atoms with Gasteiger partial charge in [-0.15, -0.1) is 10.2 Å². The van der Waals surface area contributed by atoms with E-state index >= 15 is 0 Å². The van der Waals surface area contributed by atoms with Crippen molar-refractivity contribution < 1.29 is 8.94 Å². The van der Waals surface area contributed by atoms with Crippen LogP contribution in [0.25, 0.3) is 0 Å². The van der Waals surface area contributed by atoms with Crippen molar-refractivity contribution in [3.63, 3.8) is 0 Å². The Kier molecular flexibility index (Phi) is 4.79. The molecule has 3 heterocycles. The second kappa shape index (κ2) is 6.97. The summed E-state index contributed by atoms with van der Waals surface area (Å²) < 4.78 is 10.6. The highest BCUT2D eigenvalue weighted by Crippen LogP contribution is 2.10. The minimum atomic E-state index is 0.620. The van der Waals surface area contributed by atoms with E-state index in [2.05, 4.69) is 30.1 Å². The molecule has 1 fully saturated rings. The van der Waals surface area contributed by atoms with Gasteiger partial charge in [-0.05, 0) is 19.5 Å². The van der Waals surface area contributed by atoms with Crippen LogP contribution in [0.4, 0.5) is 0 Å². The van der Waals surface area contributed by atoms with Crippen LogP contribution in [-0.2, 0) is 19.5 Å². The molecule has 1 saturated heterocycles. The molecule has 0 aliphatic carbocycles. The van der Waals surface area contributed by atoms with Gasteiger partial charge in [0.25, 0.3) is 0 Å². The van der Waals surface area contributed by atoms with E-state index in [1.807, 2.05) is 13.8 Å². The van der Waals surface area contributed by atoms with Crippen molar-refractivity contribution in [1.82, 2.24) is 30.1 Å². The zero-order chi connectivity index (χ0) is 15.4. The lowest BCUT2D eigenvalue weighted by atomic mass is 10.3. The normalized spacial score (nSPS) is 17.7. The highest BCUT2D eigenvalue weighted by atomic mass is 16.5. The molecule has 0 atom stereocenters. The van der Waals surface area contributed by atoms with Crippen molar-refractivity contribution in [3.8, 4) is 0 Å². The molecule has 2 aromatic heterocycles. The summed E-state index contributed by atoms with van der Waals surface area (Å²) in [6.45, 7) is 9.31. The first-order valence-electron chi connectivity index (χ1n) is 7.78. The maximum absolute atomic E-state index is 5.59. The third-order valence-corrected chi connectivity index (χ3v) is 3.79. The minimum absolute atomic E-state index is 0.620. The number of hydrogen-bond acceptors (Lipinski definition) is 8. The van der Waals surface area contributed by atoms with Gasteiger partial charge in [-0.3, -0.25) is 9.80 Å². The molecule has 0 unspecified atom stereocenters. The Balaban J connectivity index is 1.51. The second-order valence-corrected chi connectivity index (χ2v) is 5.58. The molecule has 0 N–H and O–H groups in total. The topological polar surface area (TPSA) is 84.3 Å². The molecule has 0 amide bonds. The van der Waals surface area contributed by atoms with Crippen LogP contribution in [0, 0.1) is 6.92 Å². The Hall–Kier alpha value is -1.80. The monoisotopic (exact) mass is 306 g/mol. The van der Waals surface area contributed by atoms with Crippen LogP contribution >= 0.6 is 0 Å². The SMILES string of the molecule is CCc1nnc(CN2CCCN(Cc3noc(C)n3)CC2)o1. The fraction of sp³-hybridized carbons (Fsp3) is 0.714. The average molecular weight is 306 g/mol. The first-order valence-corrected chi connectivity index (χ1v) is 7.78. The van der Waals surface area contributed by atoms with Gasteiger partial charge in [0.2, 0.25) is 17.7 Å². The fourth-order valence-electron chi connectivity index (χ4n) is 2.63. The highest BCUT2D eigenvalue weighted by molar-refractivity contribution is 4.86. The molecule has 22 heavy (non-hydrogen) atoms. The predicted molar refractivity (Wildman–Crippen MR) is 77.9 cm³/mol. The predicted octanol–water partition coefficient (Wildman–Crippen LogP) is 1.03. The molecule has 0 saturated carbocycles. The molecule has 0 radical (unpaired) electrons. The molecule has 0 aromatic carbocycles. The zero-order valence-corrected chi connectivity index (χ0v) is 13.2. The summed E-state index contributed by atoms with van der Waals surface area (Å²) in [5.74, 6) is 2.79. The maximum atomic E-state index is 5.59. The van der Waals surface area contributed by atoms with Gasteiger partial charge in [0.1, 0.15) is 0 Å². The molecule has 8 nitrogen and oxygen atoms in total. The van der Waals surface area contributed by atoms with Gasteiger partial charge in [0.15, 0.2) is 5.82 Å². The largest absolute Gasteiger partial charge is 0.424 e. The lowest BCUT2D eigenvalue weighted by Gasteiger charge is -2.19. The summed E-state index contributed by atoms with van der Waals surface area (Å²) in [6.07, 6.45) is 1.89. The highest BCUT2D eigenvalue weighted by Gasteiger charge is 2.18. The summed E-state index contributed by atoms with van der Waals surface area (Å²) in [6, 6.07) is 0. The Morgan fingerprint density at radius 1 is 1.00 bits per heavy atom. The lowest BCUT2D eigenvalue weighted by Crippen LogP contribution is -2.30. The minimum Gasteiger partial charge on any atom is -0.424 e. The van der Waals surface area contributed by atoms with Gasteiger partial charge in [-0.25, -0.2) is 0 Å². The first kappa shape index (κ1) is 15.1. The van der Waals surface area contributed by atoms with Crippen molar-refractivity contribution in [2.75, 3.05) is 26.2 Å². The van der Waals surface area contributed by atoms with E-state index in [0.29, 0.717) is 17.7 Å². The Morgan fingerprint density at radius 2 is 1.73 bits per heavy atom. The van der Waals surface area contributed by atoms with Gasteiger partial charge in [0, 0.05) is 26.4 Å². The number of rotatable bonds is 5. The van der Waals surface area contributed by atoms with E-state index in [0.717, 1.165) is 57.9 Å². The summed E-state index contributed by atoms with van der Waals surface area (Å²) in [5, 5.41) is 12.1. The van der Waals surface area contributed by atoms with Crippen LogP contribution in [0.1, 0.15) is 36.8 Å². The zero-order valence-electron chi connectivity index (χ0n) is 13.2. The molecule has 0 bridgehead atoms. The van der Waals surface area contributed by atoms with Crippen LogP contribution < -0.4 is 0 Å². The third-order valence-electron chi connectivity index (χ3n) is 3.79. The van der Waals surface area contributed by atoms with Gasteiger partial charge < -0.3 is 8.94 Å². The van der Waals surface area contributed by atoms with Crippen LogP contribution in [-0.4, -0.2) is 56.3 Å². The Labute approximate surface area is 129 Å². The molecule has 1 aliphatic heterocycles. The average Bonchev–Trinajstić information content (AvgIpc) is 3.06. The maximum Gasteiger partial charge on any atom is 0.230 e. The molecular weight excluding hydrogens is 284 g/mol. The van der Waals surface area contributed by atoms with Crippen molar-refractivity contribution in [1.29, 1.82) is 0 Å². The van der Waals surface area contributed by atoms with E-state index in [1.54, 1.807) is 0 Å². The van der Waals surface area contributed by atoms with Gasteiger partial charge in [-0.2, -0.15) is 4.98 Å². The van der Waals surface area contributed by atoms with E-state index < -0.39 is 0 Å². The standard InChI is InChI=1S/C14H22N6O2/c1-3-13-16-17-14(21-13)10-20-6-4-5-19(7-8-20)9-12-15-11(2)22-18-12/h3-10H2,1-2H3. The summed E-state index contributed by atoms with van der Waals surface area (Å²) in [4.78, 5) is 8.98. The van der Waals surface area contributed by atoms with E-state index in [9.17, 15) is 0 Å². The van der Waals surface area contributed by atoms with Crippen molar-refractivity contribution >= 4 is 0 Å². The summed E-state index contributed by atoms with van der Waals surface area (Å²) in [7, 11) is 0. The smallest absolute Gasteiger partial charge is 0.230 e. The van der Waals surface area contributed by atoms with Gasteiger partial charge >= 0.3 is 0 Å². The van der Waals surface area contributed by atoms with E-state index in [4.69, 9.17) is 8.94 Å². The third kappa shape index (κ3) is 3.89. The summed E-state index contributed by atoms with van der Waals surface area (Å²) >= 11 is 0. The Morgan fingerprint density at radius 3 is 2.36 bits per heavy atom. The van der Waals surface area contributed by atoms with E-state index in [1.165, 1.54) is 0 Å². The summed E-state index contributed by atoms with van der Waals surface area (Å²) in [5.41, 5.74) is 0. The molecule has 8 heteroatoms. The number of hydrogen-bond donors (Lipinski definition) is 0. The van der Waals surface area contributed by atoms with Crippen LogP contribution in [0.3, 0.4) is 0 Å². The lowest BCUT2D eigenvalue weighted by molar-refractivity contribution is 0.226. The van der Waals surface area contributed by atoms with Crippen LogP contribution in [0.5, 0.6) is 0 Å². The number of aryl methyl sites for hydroxylation is 2. The fourth-order valence-corrected chi connectivity index (χ4v) is 2.63. The molecular formula is C14H22N6O2. The number of nitrogens with zero attached hydrogens (tertiary/aromatic N) is 6. The van der Waals surface area contributed by atoms with Crippen LogP contribution in [0.2, 0.25) is 0 Å². The molecule has 0 spiro atoms. The van der Waals surface area contributed by atoms with Gasteiger partial charge in [-0.1, -0.05) is 12.1 Å². The van der Waals surface area contributed by atoms with E-state index in [-0.39, 0.29) is 0 Å². The Bertz CT molecular complexity index is 596.